The van der Waals surface area contributed by atoms with E-state index in [2.05, 4.69) is 191 Å². The van der Waals surface area contributed by atoms with Crippen LogP contribution in [-0.4, -0.2) is 37.2 Å². The average molecular weight is 1020 g/mol. The minimum absolute atomic E-state index is 0.126. The van der Waals surface area contributed by atoms with Gasteiger partial charge in [0, 0.05) is 19.3 Å². The molecule has 0 N–H and O–H groups in total. The number of allylic oxidation sites excluding steroid dienone is 28. The van der Waals surface area contributed by atoms with Gasteiger partial charge in [0.1, 0.15) is 13.2 Å². The molecule has 0 bridgehead atoms. The molecule has 412 valence electrons. The normalized spacial score (nSPS) is 13.4. The van der Waals surface area contributed by atoms with Crippen molar-refractivity contribution in [2.45, 2.75) is 226 Å². The van der Waals surface area contributed by atoms with E-state index in [1.807, 2.05) is 0 Å². The smallest absolute Gasteiger partial charge is 0.306 e. The Morgan fingerprint density at radius 2 is 0.541 bits per heavy atom. The van der Waals surface area contributed by atoms with E-state index in [4.69, 9.17) is 14.2 Å². The van der Waals surface area contributed by atoms with E-state index in [1.54, 1.807) is 0 Å². The highest BCUT2D eigenvalue weighted by Crippen LogP contribution is 2.12. The molecule has 1 unspecified atom stereocenters. The topological polar surface area (TPSA) is 78.9 Å². The third kappa shape index (κ3) is 57.7. The molecule has 0 spiro atoms. The van der Waals surface area contributed by atoms with Crippen LogP contribution in [-0.2, 0) is 28.6 Å². The van der Waals surface area contributed by atoms with E-state index in [0.29, 0.717) is 19.3 Å². The van der Waals surface area contributed by atoms with Gasteiger partial charge in [-0.05, 0) is 141 Å². The number of ether oxygens (including phenoxy) is 3. The summed E-state index contributed by atoms with van der Waals surface area (Å²) in [5.41, 5.74) is 0. The number of rotatable bonds is 50. The van der Waals surface area contributed by atoms with Crippen molar-refractivity contribution in [3.05, 3.63) is 170 Å². The molecule has 0 amide bonds. The fraction of sp³-hybridized carbons (Fsp3) is 0.544. The lowest BCUT2D eigenvalue weighted by molar-refractivity contribution is -0.167. The van der Waals surface area contributed by atoms with Crippen LogP contribution in [0, 0.1) is 0 Å². The van der Waals surface area contributed by atoms with Crippen molar-refractivity contribution in [2.75, 3.05) is 13.2 Å². The van der Waals surface area contributed by atoms with Gasteiger partial charge in [0.05, 0.1) is 0 Å². The number of hydrogen-bond acceptors (Lipinski definition) is 6. The summed E-state index contributed by atoms with van der Waals surface area (Å²) in [6.07, 6.45) is 89.2. The molecule has 6 heteroatoms. The molecule has 0 aliphatic rings. The Labute approximate surface area is 453 Å². The molecule has 0 rings (SSSR count). The summed E-state index contributed by atoms with van der Waals surface area (Å²) in [5, 5.41) is 0. The zero-order valence-corrected chi connectivity index (χ0v) is 47.0. The van der Waals surface area contributed by atoms with Crippen molar-refractivity contribution in [3.8, 4) is 0 Å². The monoisotopic (exact) mass is 1020 g/mol. The van der Waals surface area contributed by atoms with Crippen LogP contribution in [0.1, 0.15) is 220 Å². The minimum Gasteiger partial charge on any atom is -0.462 e. The van der Waals surface area contributed by atoms with Crippen LogP contribution in [0.2, 0.25) is 0 Å². The quantitative estimate of drug-likeness (QED) is 0.0261. The molecule has 0 saturated heterocycles. The van der Waals surface area contributed by atoms with E-state index in [0.717, 1.165) is 148 Å². The first kappa shape index (κ1) is 68.8. The largest absolute Gasteiger partial charge is 0.462 e. The van der Waals surface area contributed by atoms with Gasteiger partial charge < -0.3 is 14.2 Å². The second-order valence-electron chi connectivity index (χ2n) is 18.4. The van der Waals surface area contributed by atoms with E-state index in [-0.39, 0.29) is 44.0 Å². The average Bonchev–Trinajstić information content (AvgIpc) is 3.40. The highest BCUT2D eigenvalue weighted by molar-refractivity contribution is 5.71. The summed E-state index contributed by atoms with van der Waals surface area (Å²) >= 11 is 0. The molecule has 74 heavy (non-hydrogen) atoms. The maximum Gasteiger partial charge on any atom is 0.306 e. The summed E-state index contributed by atoms with van der Waals surface area (Å²) in [7, 11) is 0. The Morgan fingerprint density at radius 3 is 0.892 bits per heavy atom. The van der Waals surface area contributed by atoms with Crippen LogP contribution in [0.5, 0.6) is 0 Å². The fourth-order valence-electron chi connectivity index (χ4n) is 7.12. The number of unbranched alkanes of at least 4 members (excludes halogenated alkanes) is 11. The summed E-state index contributed by atoms with van der Waals surface area (Å²) in [5.74, 6) is -1.04. The molecule has 0 aliphatic carbocycles. The van der Waals surface area contributed by atoms with Crippen LogP contribution in [0.3, 0.4) is 0 Å². The van der Waals surface area contributed by atoms with Crippen LogP contribution in [0.25, 0.3) is 0 Å². The van der Waals surface area contributed by atoms with Crippen molar-refractivity contribution in [1.82, 2.24) is 0 Å². The molecule has 1 atom stereocenters. The SMILES string of the molecule is CC/C=C\C/C=C\C/C=C\C/C=C\C/C=C\C/C=C\C/C=C\CCCC(=O)OCC(COC(=O)CCCCCCC/C=C\C/C=C\CCCC)OC(=O)CCCCC/C=C\C/C=C\C/C=C\C/C=C\C/C=C\CC. The predicted molar refractivity (Wildman–Crippen MR) is 320 cm³/mol. The molecule has 0 aromatic heterocycles. The van der Waals surface area contributed by atoms with E-state index >= 15 is 0 Å². The number of hydrogen-bond donors (Lipinski definition) is 0. The lowest BCUT2D eigenvalue weighted by Gasteiger charge is -2.18. The first-order chi connectivity index (χ1) is 36.5. The molecule has 0 radical (unpaired) electrons. The number of esters is 3. The molecule has 0 fully saturated rings. The van der Waals surface area contributed by atoms with Crippen LogP contribution >= 0.6 is 0 Å². The lowest BCUT2D eigenvalue weighted by atomic mass is 10.1. The molecule has 6 nitrogen and oxygen atoms in total. The van der Waals surface area contributed by atoms with Gasteiger partial charge in [0.2, 0.25) is 0 Å². The Hall–Kier alpha value is -5.23. The summed E-state index contributed by atoms with van der Waals surface area (Å²) in [6.45, 7) is 6.26. The van der Waals surface area contributed by atoms with Gasteiger partial charge in [0.25, 0.3) is 0 Å². The van der Waals surface area contributed by atoms with Crippen molar-refractivity contribution < 1.29 is 28.6 Å². The highest BCUT2D eigenvalue weighted by Gasteiger charge is 2.19. The molecule has 0 saturated carbocycles. The van der Waals surface area contributed by atoms with Crippen LogP contribution < -0.4 is 0 Å². The third-order valence-electron chi connectivity index (χ3n) is 11.4. The maximum atomic E-state index is 12.9. The number of carbonyl (C=O) groups is 3. The standard InChI is InChI=1S/C68H104O6/c1-4-7-10-13-16-19-22-25-28-30-32-33-34-35-37-38-40-43-46-49-52-55-58-61-67(70)73-64-65(63-72-66(69)60-57-54-51-48-45-42-27-24-21-18-15-12-9-6-3)74-68(71)62-59-56-53-50-47-44-41-39-36-31-29-26-23-20-17-14-11-8-5-2/h7-8,10-11,15-20,24-29,32-33,35-37,39-40,43-44,47,49,52,65H,4-6,9,12-14,21-23,30-31,34,38,41-42,45-46,48,50-51,53-64H2,1-3H3/b10-7-,11-8-,18-15-,19-16-,20-17-,27-24-,28-25-,29-26-,33-32-,37-35-,39-36-,43-40-,47-44-,52-49-. The molecular formula is C68H104O6. The third-order valence-corrected chi connectivity index (χ3v) is 11.4. The molecule has 0 aromatic rings. The van der Waals surface area contributed by atoms with Gasteiger partial charge in [-0.2, -0.15) is 0 Å². The predicted octanol–water partition coefficient (Wildman–Crippen LogP) is 19.9. The van der Waals surface area contributed by atoms with E-state index < -0.39 is 6.10 Å². The highest BCUT2D eigenvalue weighted by atomic mass is 16.6. The summed E-state index contributed by atoms with van der Waals surface area (Å²) in [4.78, 5) is 38.2. The van der Waals surface area contributed by atoms with Gasteiger partial charge in [-0.25, -0.2) is 0 Å². The van der Waals surface area contributed by atoms with Crippen molar-refractivity contribution >= 4 is 17.9 Å². The first-order valence-electron chi connectivity index (χ1n) is 29.1. The van der Waals surface area contributed by atoms with Gasteiger partial charge in [-0.3, -0.25) is 14.4 Å². The second kappa shape index (κ2) is 60.3. The molecule has 0 aliphatic heterocycles. The fourth-order valence-corrected chi connectivity index (χ4v) is 7.12. The first-order valence-corrected chi connectivity index (χ1v) is 29.1. The second-order valence-corrected chi connectivity index (χ2v) is 18.4. The zero-order valence-electron chi connectivity index (χ0n) is 47.0. The van der Waals surface area contributed by atoms with Gasteiger partial charge in [-0.15, -0.1) is 0 Å². The Bertz CT molecular complexity index is 1740. The van der Waals surface area contributed by atoms with Gasteiger partial charge in [-0.1, -0.05) is 229 Å². The van der Waals surface area contributed by atoms with E-state index in [1.165, 1.54) is 19.3 Å². The van der Waals surface area contributed by atoms with Crippen molar-refractivity contribution in [2.24, 2.45) is 0 Å². The van der Waals surface area contributed by atoms with E-state index in [9.17, 15) is 14.4 Å². The summed E-state index contributed by atoms with van der Waals surface area (Å²) in [6, 6.07) is 0. The lowest BCUT2D eigenvalue weighted by Crippen LogP contribution is -2.30. The van der Waals surface area contributed by atoms with Gasteiger partial charge >= 0.3 is 17.9 Å². The number of carbonyl (C=O) groups excluding carboxylic acids is 3. The Morgan fingerprint density at radius 1 is 0.284 bits per heavy atom. The Kier molecular flexibility index (Phi) is 56.1. The van der Waals surface area contributed by atoms with Crippen molar-refractivity contribution in [1.29, 1.82) is 0 Å². The minimum atomic E-state index is -0.835. The molecule has 0 aromatic carbocycles. The zero-order chi connectivity index (χ0) is 53.6. The van der Waals surface area contributed by atoms with Crippen LogP contribution in [0.15, 0.2) is 170 Å². The van der Waals surface area contributed by atoms with Gasteiger partial charge in [0.15, 0.2) is 6.10 Å². The maximum absolute atomic E-state index is 12.9. The summed E-state index contributed by atoms with van der Waals surface area (Å²) < 4.78 is 16.8. The Balaban J connectivity index is 4.59. The van der Waals surface area contributed by atoms with Crippen molar-refractivity contribution in [3.63, 3.8) is 0 Å². The molecule has 0 heterocycles. The molecular weight excluding hydrogens is 913 g/mol. The van der Waals surface area contributed by atoms with Crippen LogP contribution in [0.4, 0.5) is 0 Å².